The minimum absolute atomic E-state index is 0.0217. The Morgan fingerprint density at radius 2 is 2.00 bits per heavy atom. The molecule has 0 amide bonds. The van der Waals surface area contributed by atoms with Crippen molar-refractivity contribution in [1.29, 1.82) is 0 Å². The molecule has 0 radical (unpaired) electrons. The average molecular weight is 406 g/mol. The van der Waals surface area contributed by atoms with Crippen molar-refractivity contribution in [2.24, 2.45) is 0 Å². The summed E-state index contributed by atoms with van der Waals surface area (Å²) < 4.78 is 0.336. The first-order valence-corrected chi connectivity index (χ1v) is 11.4. The molecule has 0 fully saturated rings. The van der Waals surface area contributed by atoms with Gasteiger partial charge >= 0.3 is 87.3 Å². The van der Waals surface area contributed by atoms with E-state index in [1.54, 1.807) is 0 Å². The Kier molecular flexibility index (Phi) is 8.32. The summed E-state index contributed by atoms with van der Waals surface area (Å²) in [5.41, 5.74) is 0. The average Bonchev–Trinajstić information content (AvgIpc) is 2.04. The van der Waals surface area contributed by atoms with Gasteiger partial charge in [0.05, 0.1) is 0 Å². The molecule has 0 aromatic heterocycles. The van der Waals surface area contributed by atoms with E-state index in [0.29, 0.717) is 8.67 Å². The van der Waals surface area contributed by atoms with Gasteiger partial charge in [0.15, 0.2) is 0 Å². The third-order valence-corrected chi connectivity index (χ3v) is 6.55. The summed E-state index contributed by atoms with van der Waals surface area (Å²) in [6, 6.07) is 0. The first-order valence-electron chi connectivity index (χ1n) is 2.61. The second-order valence-electron chi connectivity index (χ2n) is 1.37. The predicted octanol–water partition coefficient (Wildman–Crippen LogP) is 1.37. The first kappa shape index (κ1) is 13.2. The molecule has 0 aromatic carbocycles. The summed E-state index contributed by atoms with van der Waals surface area (Å²) >= 11 is -0.295. The van der Waals surface area contributed by atoms with Gasteiger partial charge < -0.3 is 0 Å². The van der Waals surface area contributed by atoms with Crippen molar-refractivity contribution in [3.8, 4) is 0 Å². The van der Waals surface area contributed by atoms with Crippen molar-refractivity contribution < 1.29 is 14.7 Å². The van der Waals surface area contributed by atoms with Crippen LogP contribution in [0.4, 0.5) is 0 Å². The van der Waals surface area contributed by atoms with Gasteiger partial charge in [-0.3, -0.25) is 0 Å². The summed E-state index contributed by atoms with van der Waals surface area (Å²) in [5, 5.41) is 21.7. The van der Waals surface area contributed by atoms with Crippen LogP contribution in [0, 0.1) is 10.4 Å². The van der Waals surface area contributed by atoms with Crippen LogP contribution >= 0.6 is 34.7 Å². The number of halogens is 2. The summed E-state index contributed by atoms with van der Waals surface area (Å²) in [4.78, 5) is 12.6. The van der Waals surface area contributed by atoms with Gasteiger partial charge in [0.1, 0.15) is 0 Å². The molecule has 12 heavy (non-hydrogen) atoms. The number of hydrogen-bond donors (Lipinski definition) is 0. The second-order valence-corrected chi connectivity index (χ2v) is 10.8. The van der Waals surface area contributed by atoms with Crippen LogP contribution in [-0.2, 0) is 14.7 Å². The van der Waals surface area contributed by atoms with Crippen molar-refractivity contribution in [2.45, 2.75) is 0 Å². The van der Waals surface area contributed by atoms with Gasteiger partial charge in [-0.05, 0) is 0 Å². The summed E-state index contributed by atoms with van der Waals surface area (Å²) in [6.07, 6.45) is 0. The van der Waals surface area contributed by atoms with E-state index < -0.39 is 16.1 Å². The van der Waals surface area contributed by atoms with Crippen molar-refractivity contribution in [2.75, 3.05) is 18.8 Å². The normalized spacial score (nSPS) is 12.8. The number of nitrogens with zero attached hydrogens (tertiary/aromatic N) is 2. The number of hydrogen-bond acceptors (Lipinski definition) is 7. The van der Waals surface area contributed by atoms with Crippen molar-refractivity contribution in [3.05, 3.63) is 10.4 Å². The Morgan fingerprint density at radius 1 is 1.42 bits per heavy atom. The summed E-state index contributed by atoms with van der Waals surface area (Å²) in [6.45, 7) is 0. The van der Waals surface area contributed by atoms with E-state index in [0.717, 1.165) is 0 Å². The van der Waals surface area contributed by atoms with Gasteiger partial charge in [-0.25, -0.2) is 0 Å². The minimum atomic E-state index is -2.17. The van der Waals surface area contributed by atoms with Crippen LogP contribution in [0.2, 0.25) is 0 Å². The summed E-state index contributed by atoms with van der Waals surface area (Å²) in [5.74, 6) is 0. The van der Waals surface area contributed by atoms with Crippen LogP contribution in [0.1, 0.15) is 0 Å². The van der Waals surface area contributed by atoms with E-state index in [1.165, 1.54) is 14.2 Å². The molecule has 0 atom stereocenters. The molecule has 0 rings (SSSR count). The van der Waals surface area contributed by atoms with E-state index in [4.69, 9.17) is 0 Å². The molecule has 0 aliphatic heterocycles. The zero-order valence-corrected chi connectivity index (χ0v) is 10.7. The SMILES string of the molecule is COON([O-])I(I)CN([O-])OC. The van der Waals surface area contributed by atoms with Crippen molar-refractivity contribution in [3.63, 3.8) is 0 Å². The third-order valence-electron chi connectivity index (χ3n) is 0.683. The topological polar surface area (TPSA) is 80.3 Å². The Bertz CT molecular complexity index is 119. The molecule has 0 bridgehead atoms. The molecule has 0 aliphatic rings. The molecule has 0 spiro atoms. The maximum atomic E-state index is 10.8. The zero-order chi connectivity index (χ0) is 9.56. The van der Waals surface area contributed by atoms with Gasteiger partial charge in [0, 0.05) is 0 Å². The molecule has 76 valence electrons. The van der Waals surface area contributed by atoms with Crippen LogP contribution in [0.25, 0.3) is 0 Å². The monoisotopic (exact) mass is 406 g/mol. The van der Waals surface area contributed by atoms with Gasteiger partial charge in [-0.2, -0.15) is 0 Å². The quantitative estimate of drug-likeness (QED) is 0.165. The van der Waals surface area contributed by atoms with E-state index in [2.05, 4.69) is 14.7 Å². The Labute approximate surface area is 86.8 Å². The number of hydroxylamine groups is 2. The molecule has 9 heteroatoms. The predicted molar refractivity (Wildman–Crippen MR) is 58.4 cm³/mol. The first-order chi connectivity index (χ1) is 5.61. The molecule has 0 unspecified atom stereocenters. The molecule has 0 heterocycles. The van der Waals surface area contributed by atoms with Crippen LogP contribution in [-0.4, -0.2) is 27.4 Å². The zero-order valence-electron chi connectivity index (χ0n) is 6.40. The summed E-state index contributed by atoms with van der Waals surface area (Å²) in [7, 11) is 2.46. The van der Waals surface area contributed by atoms with Crippen molar-refractivity contribution >= 4 is 34.7 Å². The van der Waals surface area contributed by atoms with Gasteiger partial charge in [-0.15, -0.1) is 0 Å². The Hall–Kier alpha value is 1.18. The fourth-order valence-corrected chi connectivity index (χ4v) is 3.40. The van der Waals surface area contributed by atoms with Crippen LogP contribution in [0.15, 0.2) is 0 Å². The van der Waals surface area contributed by atoms with Crippen LogP contribution in [0.3, 0.4) is 0 Å². The molecule has 0 saturated carbocycles. The van der Waals surface area contributed by atoms with E-state index in [9.17, 15) is 10.4 Å². The molecule has 7 nitrogen and oxygen atoms in total. The molecule has 0 N–H and O–H groups in total. The van der Waals surface area contributed by atoms with E-state index >= 15 is 0 Å². The van der Waals surface area contributed by atoms with Gasteiger partial charge in [-0.1, -0.05) is 0 Å². The van der Waals surface area contributed by atoms with Gasteiger partial charge in [0.25, 0.3) is 0 Å². The Balaban J connectivity index is 3.62. The standard InChI is InChI=1S/C3H8I2N2O5/c1-10-6(8)3-5(4)7(9)12-11-2/h3H2,1-2H3/q-2. The molecule has 0 saturated heterocycles. The molecule has 0 aliphatic carbocycles. The maximum absolute atomic E-state index is 10.8. The number of alkyl halides is 1. The molecule has 0 aromatic rings. The molecular formula is C3H8I2N2O5-2. The second kappa shape index (κ2) is 7.57. The third kappa shape index (κ3) is 5.76. The van der Waals surface area contributed by atoms with Crippen LogP contribution < -0.4 is 0 Å². The number of rotatable bonds is 6. The fraction of sp³-hybridized carbons (Fsp3) is 1.00. The fourth-order valence-electron chi connectivity index (χ4n) is 0.262. The van der Waals surface area contributed by atoms with Crippen LogP contribution in [0.5, 0.6) is 0 Å². The van der Waals surface area contributed by atoms with E-state index in [1.807, 2.05) is 18.6 Å². The van der Waals surface area contributed by atoms with Gasteiger partial charge in [0.2, 0.25) is 0 Å². The molecular weight excluding hydrogens is 398 g/mol. The Morgan fingerprint density at radius 3 is 2.42 bits per heavy atom. The van der Waals surface area contributed by atoms with Crippen molar-refractivity contribution in [1.82, 2.24) is 8.67 Å². The van der Waals surface area contributed by atoms with E-state index in [-0.39, 0.29) is 4.55 Å².